The Morgan fingerprint density at radius 1 is 1.46 bits per heavy atom. The fraction of sp³-hybridized carbons (Fsp3) is 0.111. The molecule has 0 radical (unpaired) electrons. The van der Waals surface area contributed by atoms with Gasteiger partial charge in [0, 0.05) is 15.6 Å². The van der Waals surface area contributed by atoms with Gasteiger partial charge in [0.1, 0.15) is 5.82 Å². The Balaban J connectivity index is 2.83. The second-order valence-corrected chi connectivity index (χ2v) is 4.22. The van der Waals surface area contributed by atoms with E-state index in [-0.39, 0.29) is 10.9 Å². The highest BCUT2D eigenvalue weighted by Gasteiger charge is 2.11. The molecule has 1 aromatic carbocycles. The third kappa shape index (κ3) is 1.43. The molecule has 0 atom stereocenters. The lowest BCUT2D eigenvalue weighted by Crippen LogP contribution is -1.86. The van der Waals surface area contributed by atoms with Gasteiger partial charge in [-0.1, -0.05) is 11.6 Å². The van der Waals surface area contributed by atoms with E-state index in [9.17, 15) is 4.39 Å². The Morgan fingerprint density at radius 2 is 2.23 bits per heavy atom. The predicted molar refractivity (Wildman–Crippen MR) is 56.4 cm³/mol. The van der Waals surface area contributed by atoms with E-state index in [1.54, 1.807) is 6.07 Å². The quantitative estimate of drug-likeness (QED) is 0.641. The molecule has 0 spiro atoms. The zero-order chi connectivity index (χ0) is 9.42. The van der Waals surface area contributed by atoms with Gasteiger partial charge < -0.3 is 0 Å². The molecule has 0 amide bonds. The molecule has 0 unspecified atom stereocenters. The highest BCUT2D eigenvalue weighted by molar-refractivity contribution is 7.17. The first kappa shape index (κ1) is 9.25. The molecule has 68 valence electrons. The van der Waals surface area contributed by atoms with E-state index in [4.69, 9.17) is 23.2 Å². The Hall–Kier alpha value is -0.310. The van der Waals surface area contributed by atoms with E-state index >= 15 is 0 Å². The van der Waals surface area contributed by atoms with Crippen LogP contribution in [0.25, 0.3) is 10.1 Å². The lowest BCUT2D eigenvalue weighted by Gasteiger charge is -2.01. The minimum absolute atomic E-state index is 0.152. The molecule has 0 N–H and O–H groups in total. The average molecular weight is 235 g/mol. The number of benzene rings is 1. The van der Waals surface area contributed by atoms with Crippen molar-refractivity contribution in [2.24, 2.45) is 0 Å². The fourth-order valence-corrected chi connectivity index (χ4v) is 2.59. The third-order valence-corrected chi connectivity index (χ3v) is 3.38. The zero-order valence-electron chi connectivity index (χ0n) is 6.48. The molecule has 0 aliphatic carbocycles. The van der Waals surface area contributed by atoms with Crippen LogP contribution >= 0.6 is 34.5 Å². The molecule has 1 aromatic heterocycles. The highest BCUT2D eigenvalue weighted by Crippen LogP contribution is 2.32. The van der Waals surface area contributed by atoms with Gasteiger partial charge in [-0.2, -0.15) is 0 Å². The number of rotatable bonds is 1. The molecule has 2 rings (SSSR count). The van der Waals surface area contributed by atoms with Crippen LogP contribution < -0.4 is 0 Å². The average Bonchev–Trinajstić information content (AvgIpc) is 2.59. The van der Waals surface area contributed by atoms with Crippen molar-refractivity contribution in [1.29, 1.82) is 0 Å². The number of hydrogen-bond donors (Lipinski definition) is 0. The van der Waals surface area contributed by atoms with Crippen LogP contribution in [0, 0.1) is 5.82 Å². The Morgan fingerprint density at radius 3 is 2.92 bits per heavy atom. The minimum Gasteiger partial charge on any atom is -0.205 e. The van der Waals surface area contributed by atoms with Crippen LogP contribution in [0.5, 0.6) is 0 Å². The van der Waals surface area contributed by atoms with Crippen molar-refractivity contribution >= 4 is 44.6 Å². The second kappa shape index (κ2) is 3.45. The molecule has 4 heteroatoms. The van der Waals surface area contributed by atoms with E-state index < -0.39 is 5.82 Å². The van der Waals surface area contributed by atoms with Crippen molar-refractivity contribution in [3.05, 3.63) is 33.9 Å². The summed E-state index contributed by atoms with van der Waals surface area (Å²) in [6.07, 6.45) is 0. The Labute approximate surface area is 88.9 Å². The largest absolute Gasteiger partial charge is 0.205 e. The second-order valence-electron chi connectivity index (χ2n) is 2.63. The van der Waals surface area contributed by atoms with Gasteiger partial charge in [-0.15, -0.1) is 22.9 Å². The monoisotopic (exact) mass is 234 g/mol. The van der Waals surface area contributed by atoms with E-state index in [1.807, 2.05) is 11.4 Å². The van der Waals surface area contributed by atoms with Crippen LogP contribution in [0.2, 0.25) is 5.02 Å². The van der Waals surface area contributed by atoms with Crippen LogP contribution in [0.15, 0.2) is 17.5 Å². The Bertz CT molecular complexity index is 450. The van der Waals surface area contributed by atoms with Crippen LogP contribution in [0.1, 0.15) is 5.56 Å². The van der Waals surface area contributed by atoms with Crippen molar-refractivity contribution in [1.82, 2.24) is 0 Å². The molecule has 0 saturated heterocycles. The zero-order valence-corrected chi connectivity index (χ0v) is 8.81. The van der Waals surface area contributed by atoms with Crippen LogP contribution in [0.4, 0.5) is 4.39 Å². The van der Waals surface area contributed by atoms with Crippen LogP contribution in [0.3, 0.4) is 0 Å². The third-order valence-electron chi connectivity index (χ3n) is 1.86. The summed E-state index contributed by atoms with van der Waals surface area (Å²) in [5.74, 6) is -0.248. The van der Waals surface area contributed by atoms with Gasteiger partial charge in [0.15, 0.2) is 0 Å². The van der Waals surface area contributed by atoms with Crippen molar-refractivity contribution < 1.29 is 4.39 Å². The Kier molecular flexibility index (Phi) is 2.45. The first-order chi connectivity index (χ1) is 6.24. The normalized spacial score (nSPS) is 11.0. The first-order valence-corrected chi connectivity index (χ1v) is 5.43. The van der Waals surface area contributed by atoms with Gasteiger partial charge >= 0.3 is 0 Å². The molecule has 0 bridgehead atoms. The molecule has 0 aliphatic rings. The van der Waals surface area contributed by atoms with Gasteiger partial charge in [0.2, 0.25) is 0 Å². The fourth-order valence-electron chi connectivity index (χ4n) is 1.19. The van der Waals surface area contributed by atoms with E-state index in [0.717, 1.165) is 10.1 Å². The summed E-state index contributed by atoms with van der Waals surface area (Å²) in [6.45, 7) is 0. The van der Waals surface area contributed by atoms with Gasteiger partial charge in [0.05, 0.1) is 10.9 Å². The molecular formula is C9H5Cl2FS. The van der Waals surface area contributed by atoms with Gasteiger partial charge in [-0.25, -0.2) is 4.39 Å². The molecule has 0 aliphatic heterocycles. The van der Waals surface area contributed by atoms with Gasteiger partial charge in [-0.3, -0.25) is 0 Å². The SMILES string of the molecule is Fc1c(CCl)cc2sccc2c1Cl. The first-order valence-electron chi connectivity index (χ1n) is 3.64. The molecule has 2 aromatic rings. The molecule has 13 heavy (non-hydrogen) atoms. The summed E-state index contributed by atoms with van der Waals surface area (Å²) in [5, 5.41) is 2.82. The topological polar surface area (TPSA) is 0 Å². The number of thiophene rings is 1. The molecule has 0 nitrogen and oxygen atoms in total. The molecule has 0 fully saturated rings. The molecule has 1 heterocycles. The number of hydrogen-bond acceptors (Lipinski definition) is 1. The van der Waals surface area contributed by atoms with E-state index in [0.29, 0.717) is 5.56 Å². The summed E-state index contributed by atoms with van der Waals surface area (Å²) >= 11 is 12.9. The van der Waals surface area contributed by atoms with E-state index in [1.165, 1.54) is 11.3 Å². The maximum Gasteiger partial charge on any atom is 0.146 e. The number of halogens is 3. The maximum absolute atomic E-state index is 13.4. The van der Waals surface area contributed by atoms with Crippen LogP contribution in [-0.2, 0) is 5.88 Å². The number of fused-ring (bicyclic) bond motifs is 1. The molecule has 0 saturated carbocycles. The molecular weight excluding hydrogens is 230 g/mol. The summed E-state index contributed by atoms with van der Waals surface area (Å²) in [6, 6.07) is 3.55. The standard InChI is InChI=1S/C9H5Cl2FS/c10-4-5-3-7-6(1-2-13-7)8(11)9(5)12/h1-3H,4H2. The van der Waals surface area contributed by atoms with Crippen molar-refractivity contribution in [3.8, 4) is 0 Å². The predicted octanol–water partition coefficient (Wildman–Crippen LogP) is 4.43. The highest BCUT2D eigenvalue weighted by atomic mass is 35.5. The van der Waals surface area contributed by atoms with Crippen molar-refractivity contribution in [2.45, 2.75) is 5.88 Å². The summed E-state index contributed by atoms with van der Waals surface area (Å²) in [5.41, 5.74) is 0.460. The lowest BCUT2D eigenvalue weighted by atomic mass is 10.2. The lowest BCUT2D eigenvalue weighted by molar-refractivity contribution is 0.619. The van der Waals surface area contributed by atoms with Gasteiger partial charge in [-0.05, 0) is 17.5 Å². The summed E-state index contributed by atoms with van der Waals surface area (Å²) < 4.78 is 14.4. The van der Waals surface area contributed by atoms with Crippen molar-refractivity contribution in [3.63, 3.8) is 0 Å². The van der Waals surface area contributed by atoms with Gasteiger partial charge in [0.25, 0.3) is 0 Å². The maximum atomic E-state index is 13.4. The van der Waals surface area contributed by atoms with Crippen molar-refractivity contribution in [2.75, 3.05) is 0 Å². The minimum atomic E-state index is -0.400. The number of alkyl halides is 1. The summed E-state index contributed by atoms with van der Waals surface area (Å²) in [7, 11) is 0. The smallest absolute Gasteiger partial charge is 0.146 e. The van der Waals surface area contributed by atoms with Crippen LogP contribution in [-0.4, -0.2) is 0 Å². The summed E-state index contributed by atoms with van der Waals surface area (Å²) in [4.78, 5) is 0. The van der Waals surface area contributed by atoms with E-state index in [2.05, 4.69) is 0 Å².